The lowest BCUT2D eigenvalue weighted by molar-refractivity contribution is 0.260. The summed E-state index contributed by atoms with van der Waals surface area (Å²) >= 11 is 2.28. The van der Waals surface area contributed by atoms with E-state index in [2.05, 4.69) is 26.0 Å². The molecule has 1 fully saturated rings. The first-order valence-corrected chi connectivity index (χ1v) is 7.06. The number of piperidine rings is 1. The molecule has 0 N–H and O–H groups in total. The van der Waals surface area contributed by atoms with Gasteiger partial charge in [0, 0.05) is 49.0 Å². The Hall–Kier alpha value is 0.600. The van der Waals surface area contributed by atoms with Gasteiger partial charge < -0.3 is 0 Å². The minimum absolute atomic E-state index is 0.195. The first kappa shape index (κ1) is 11.7. The molecule has 0 radical (unpaired) electrons. The van der Waals surface area contributed by atoms with Gasteiger partial charge in [-0.1, -0.05) is 0 Å². The van der Waals surface area contributed by atoms with Crippen molar-refractivity contribution < 1.29 is 8.42 Å². The van der Waals surface area contributed by atoms with Gasteiger partial charge >= 0.3 is 0 Å². The van der Waals surface area contributed by atoms with Gasteiger partial charge in [0.15, 0.2) is 0 Å². The smallest absolute Gasteiger partial charge is 0.211 e. The topological polar surface area (TPSA) is 40.6 Å². The molecule has 1 heterocycles. The molecule has 0 saturated carbocycles. The summed E-state index contributed by atoms with van der Waals surface area (Å²) in [5.41, 5.74) is 0. The van der Waals surface area contributed by atoms with Crippen molar-refractivity contribution in [3.63, 3.8) is 0 Å². The highest BCUT2D eigenvalue weighted by atomic mass is 127. The van der Waals surface area contributed by atoms with Crippen molar-refractivity contribution in [3.8, 4) is 0 Å². The van der Waals surface area contributed by atoms with Gasteiger partial charge in [0.25, 0.3) is 0 Å². The van der Waals surface area contributed by atoms with Crippen molar-refractivity contribution in [1.29, 1.82) is 0 Å². The van der Waals surface area contributed by atoms with E-state index < -0.39 is 10.0 Å². The van der Waals surface area contributed by atoms with Gasteiger partial charge in [-0.2, -0.15) is 0 Å². The van der Waals surface area contributed by atoms with Gasteiger partial charge in [0.2, 0.25) is 10.0 Å². The molecule has 1 aliphatic rings. The zero-order valence-electron chi connectivity index (χ0n) is 7.90. The van der Waals surface area contributed by atoms with E-state index in [-0.39, 0.29) is 6.04 Å². The molecule has 0 unspecified atom stereocenters. The van der Waals surface area contributed by atoms with E-state index in [9.17, 15) is 8.42 Å². The van der Waals surface area contributed by atoms with Crippen LogP contribution in [0.15, 0.2) is 0 Å². The summed E-state index contributed by atoms with van der Waals surface area (Å²) in [5, 5.41) is 0. The van der Waals surface area contributed by atoms with Crippen LogP contribution in [0.5, 0.6) is 0 Å². The van der Waals surface area contributed by atoms with E-state index in [1.54, 1.807) is 7.05 Å². The van der Waals surface area contributed by atoms with Gasteiger partial charge in [-0.3, -0.25) is 0 Å². The predicted octanol–water partition coefficient (Wildman–Crippen LogP) is 0.692. The Morgan fingerprint density at radius 2 is 1.85 bits per heavy atom. The number of hydrogen-bond acceptors (Lipinski definition) is 3. The molecule has 0 aliphatic carbocycles. The van der Waals surface area contributed by atoms with Crippen molar-refractivity contribution in [2.45, 2.75) is 18.9 Å². The Morgan fingerprint density at radius 3 is 2.23 bits per heavy atom. The van der Waals surface area contributed by atoms with Crippen molar-refractivity contribution in [2.24, 2.45) is 0 Å². The molecule has 0 aromatic heterocycles. The number of rotatable bonds is 2. The lowest BCUT2D eigenvalue weighted by Gasteiger charge is -2.32. The number of nitrogens with zero attached hydrogens (tertiary/aromatic N) is 2. The fourth-order valence-electron chi connectivity index (χ4n) is 1.47. The van der Waals surface area contributed by atoms with Crippen LogP contribution in [0.25, 0.3) is 0 Å². The van der Waals surface area contributed by atoms with Gasteiger partial charge in [-0.15, -0.1) is 0 Å². The van der Waals surface area contributed by atoms with Crippen molar-refractivity contribution >= 4 is 32.9 Å². The highest BCUT2D eigenvalue weighted by molar-refractivity contribution is 14.1. The maximum atomic E-state index is 11.2. The zero-order valence-corrected chi connectivity index (χ0v) is 10.9. The fraction of sp³-hybridized carbons (Fsp3) is 1.00. The Morgan fingerprint density at radius 1 is 1.38 bits per heavy atom. The van der Waals surface area contributed by atoms with Crippen LogP contribution in [-0.4, -0.2) is 48.3 Å². The molecule has 78 valence electrons. The molecule has 4 nitrogen and oxygen atoms in total. The maximum Gasteiger partial charge on any atom is 0.211 e. The Labute approximate surface area is 93.8 Å². The SMILES string of the molecule is CN(C1CCN(I)CC1)S(C)(=O)=O. The minimum Gasteiger partial charge on any atom is -0.247 e. The van der Waals surface area contributed by atoms with Gasteiger partial charge in [-0.25, -0.2) is 15.8 Å². The molecule has 13 heavy (non-hydrogen) atoms. The molecular weight excluding hydrogens is 303 g/mol. The van der Waals surface area contributed by atoms with Crippen LogP contribution in [0.4, 0.5) is 0 Å². The van der Waals surface area contributed by atoms with Crippen LogP contribution in [0.2, 0.25) is 0 Å². The summed E-state index contributed by atoms with van der Waals surface area (Å²) in [6.07, 6.45) is 3.14. The lowest BCUT2D eigenvalue weighted by Crippen LogP contribution is -2.42. The fourth-order valence-corrected chi connectivity index (χ4v) is 2.78. The maximum absolute atomic E-state index is 11.2. The standard InChI is InChI=1S/C7H15IN2O2S/c1-9(13(2,11)12)7-3-5-10(8)6-4-7/h7H,3-6H2,1-2H3. The molecule has 0 aromatic carbocycles. The molecule has 1 rings (SSSR count). The van der Waals surface area contributed by atoms with Crippen molar-refractivity contribution in [3.05, 3.63) is 0 Å². The highest BCUT2D eigenvalue weighted by Crippen LogP contribution is 2.19. The van der Waals surface area contributed by atoms with E-state index in [1.165, 1.54) is 10.6 Å². The second-order valence-electron chi connectivity index (χ2n) is 3.42. The largest absolute Gasteiger partial charge is 0.247 e. The summed E-state index contributed by atoms with van der Waals surface area (Å²) < 4.78 is 26.1. The first-order valence-electron chi connectivity index (χ1n) is 4.25. The molecule has 1 aliphatic heterocycles. The van der Waals surface area contributed by atoms with Gasteiger partial charge in [0.1, 0.15) is 0 Å². The van der Waals surface area contributed by atoms with Gasteiger partial charge in [0.05, 0.1) is 6.26 Å². The van der Waals surface area contributed by atoms with Crippen LogP contribution < -0.4 is 0 Å². The van der Waals surface area contributed by atoms with E-state index in [1.807, 2.05) is 0 Å². The van der Waals surface area contributed by atoms with Crippen LogP contribution in [0.1, 0.15) is 12.8 Å². The summed E-state index contributed by atoms with van der Waals surface area (Å²) in [5.74, 6) is 0. The average molecular weight is 318 g/mol. The number of sulfonamides is 1. The second-order valence-corrected chi connectivity index (χ2v) is 6.83. The average Bonchev–Trinajstić information content (AvgIpc) is 2.03. The minimum atomic E-state index is -3.01. The molecule has 0 spiro atoms. The Bertz CT molecular complexity index is 260. The lowest BCUT2D eigenvalue weighted by atomic mass is 10.1. The third-order valence-electron chi connectivity index (χ3n) is 2.45. The molecular formula is C7H15IN2O2S. The second kappa shape index (κ2) is 4.41. The Kier molecular flexibility index (Phi) is 3.96. The molecule has 0 aromatic rings. The van der Waals surface area contributed by atoms with Crippen LogP contribution in [-0.2, 0) is 10.0 Å². The summed E-state index contributed by atoms with van der Waals surface area (Å²) in [6.45, 7) is 1.95. The summed E-state index contributed by atoms with van der Waals surface area (Å²) in [6, 6.07) is 0.195. The highest BCUT2D eigenvalue weighted by Gasteiger charge is 2.26. The summed E-state index contributed by atoms with van der Waals surface area (Å²) in [4.78, 5) is 0. The quantitative estimate of drug-likeness (QED) is 0.556. The van der Waals surface area contributed by atoms with Crippen molar-refractivity contribution in [1.82, 2.24) is 7.42 Å². The third kappa shape index (κ3) is 3.34. The third-order valence-corrected chi connectivity index (χ3v) is 4.76. The monoisotopic (exact) mass is 318 g/mol. The predicted molar refractivity (Wildman–Crippen MR) is 61.2 cm³/mol. The van der Waals surface area contributed by atoms with Crippen molar-refractivity contribution in [2.75, 3.05) is 26.4 Å². The van der Waals surface area contributed by atoms with Crippen LogP contribution in [0.3, 0.4) is 0 Å². The van der Waals surface area contributed by atoms with E-state index >= 15 is 0 Å². The normalized spacial score (nSPS) is 22.5. The molecule has 0 bridgehead atoms. The Balaban J connectivity index is 2.55. The van der Waals surface area contributed by atoms with E-state index in [4.69, 9.17) is 0 Å². The number of hydrogen-bond donors (Lipinski definition) is 0. The van der Waals surface area contributed by atoms with Gasteiger partial charge in [-0.05, 0) is 12.8 Å². The van der Waals surface area contributed by atoms with Crippen LogP contribution in [0, 0.1) is 0 Å². The van der Waals surface area contributed by atoms with E-state index in [0.717, 1.165) is 25.9 Å². The summed E-state index contributed by atoms with van der Waals surface area (Å²) in [7, 11) is -1.34. The molecule has 6 heteroatoms. The van der Waals surface area contributed by atoms with Crippen LogP contribution >= 0.6 is 22.9 Å². The zero-order chi connectivity index (χ0) is 10.1. The molecule has 1 saturated heterocycles. The molecule has 0 atom stereocenters. The van der Waals surface area contributed by atoms with E-state index in [0.29, 0.717) is 0 Å². The molecule has 0 amide bonds. The number of halogens is 1. The first-order chi connectivity index (χ1) is 5.91.